The van der Waals surface area contributed by atoms with Gasteiger partial charge in [0.25, 0.3) is 5.91 Å². The van der Waals surface area contributed by atoms with Gasteiger partial charge in [0, 0.05) is 37.3 Å². The van der Waals surface area contributed by atoms with Crippen molar-refractivity contribution < 1.29 is 23.1 Å². The number of fused-ring (bicyclic) bond motifs is 2. The second-order valence-electron chi connectivity index (χ2n) is 9.10. The highest BCUT2D eigenvalue weighted by molar-refractivity contribution is 7.11. The lowest BCUT2D eigenvalue weighted by Crippen LogP contribution is -2.44. The Hall–Kier alpha value is -2.83. The van der Waals surface area contributed by atoms with Crippen molar-refractivity contribution in [1.29, 1.82) is 0 Å². The fourth-order valence-corrected chi connectivity index (χ4v) is 5.37. The third kappa shape index (κ3) is 5.88. The second-order valence-corrected chi connectivity index (χ2v) is 9.88. The number of aryl methyl sites for hydroxylation is 1. The number of amides is 3. The molecule has 35 heavy (non-hydrogen) atoms. The number of nitrogens with one attached hydrogen (secondary N) is 2. The van der Waals surface area contributed by atoms with Crippen LogP contribution in [0.25, 0.3) is 0 Å². The molecule has 0 saturated carbocycles. The van der Waals surface area contributed by atoms with Gasteiger partial charge in [-0.15, -0.1) is 0 Å². The number of rotatable bonds is 10. The summed E-state index contributed by atoms with van der Waals surface area (Å²) in [5, 5.41) is 5.46. The van der Waals surface area contributed by atoms with Gasteiger partial charge >= 0.3 is 6.03 Å². The Labute approximate surface area is 206 Å². The third-order valence-corrected chi connectivity index (χ3v) is 7.36. The first-order valence-corrected chi connectivity index (χ1v) is 12.4. The highest BCUT2D eigenvalue weighted by atomic mass is 32.1. The van der Waals surface area contributed by atoms with E-state index in [-0.39, 0.29) is 34.2 Å². The lowest BCUT2D eigenvalue weighted by Gasteiger charge is -2.31. The molecule has 0 spiro atoms. The molecular weight excluding hydrogens is 478 g/mol. The number of benzene rings is 1. The summed E-state index contributed by atoms with van der Waals surface area (Å²) in [6, 6.07) is 2.93. The van der Waals surface area contributed by atoms with Crippen LogP contribution < -0.4 is 21.1 Å². The molecule has 2 fully saturated rings. The van der Waals surface area contributed by atoms with E-state index in [9.17, 15) is 18.4 Å². The summed E-state index contributed by atoms with van der Waals surface area (Å²) in [6.45, 7) is 4.85. The number of carbonyl (C=O) groups is 2. The second kappa shape index (κ2) is 10.8. The summed E-state index contributed by atoms with van der Waals surface area (Å²) in [6.07, 6.45) is 3.06. The van der Waals surface area contributed by atoms with E-state index in [0.717, 1.165) is 56.1 Å². The summed E-state index contributed by atoms with van der Waals surface area (Å²) in [5.41, 5.74) is 5.47. The number of unbranched alkanes of at least 4 members (excludes halogenated alkanes) is 1. The Morgan fingerprint density at radius 3 is 2.71 bits per heavy atom. The minimum Gasteiger partial charge on any atom is -0.471 e. The Balaban J connectivity index is 1.24. The van der Waals surface area contributed by atoms with Crippen LogP contribution in [-0.2, 0) is 6.61 Å². The van der Waals surface area contributed by atoms with Crippen LogP contribution in [0, 0.1) is 18.6 Å². The highest BCUT2D eigenvalue weighted by Crippen LogP contribution is 2.31. The molecular formula is C23H30F2N6O3S. The predicted octanol–water partition coefficient (Wildman–Crippen LogP) is 2.70. The fourth-order valence-electron chi connectivity index (χ4n) is 4.63. The standard InChI is InChI=1S/C23H30F2N6O3S/c1-13-7-18(25)14(8-17(13)24)12-34-21-19(20(26)32)22(35-29-21)28-23(33)27-5-3-4-6-31-11-15-9-16(31)10-30(15)2/h7-8,15-16H,3-6,9-12H2,1-2H3,(H2,26,32)(H2,27,28,33). The van der Waals surface area contributed by atoms with Crippen molar-refractivity contribution in [2.45, 2.75) is 44.9 Å². The number of halogens is 2. The van der Waals surface area contributed by atoms with Gasteiger partial charge in [0.05, 0.1) is 0 Å². The monoisotopic (exact) mass is 508 g/mol. The molecule has 2 bridgehead atoms. The van der Waals surface area contributed by atoms with Crippen molar-refractivity contribution in [3.8, 4) is 5.88 Å². The maximum absolute atomic E-state index is 14.1. The van der Waals surface area contributed by atoms with Gasteiger partial charge in [-0.3, -0.25) is 15.0 Å². The SMILES string of the molecule is Cc1cc(F)c(COc2nsc(NC(=O)NCCCCN3CC4CC3CN4C)c2C(N)=O)cc1F. The van der Waals surface area contributed by atoms with Gasteiger partial charge in [-0.05, 0) is 69.0 Å². The number of anilines is 1. The van der Waals surface area contributed by atoms with Crippen molar-refractivity contribution in [2.75, 3.05) is 38.5 Å². The summed E-state index contributed by atoms with van der Waals surface area (Å²) < 4.78 is 37.2. The number of piperazine rings is 1. The molecule has 4 rings (SSSR count). The largest absolute Gasteiger partial charge is 0.471 e. The van der Waals surface area contributed by atoms with E-state index in [1.54, 1.807) is 0 Å². The van der Waals surface area contributed by atoms with E-state index >= 15 is 0 Å². The zero-order valence-corrected chi connectivity index (χ0v) is 20.6. The van der Waals surface area contributed by atoms with Gasteiger partial charge < -0.3 is 20.7 Å². The summed E-state index contributed by atoms with van der Waals surface area (Å²) in [4.78, 5) is 29.2. The molecule has 1 aromatic carbocycles. The molecule has 0 aliphatic carbocycles. The van der Waals surface area contributed by atoms with Crippen molar-refractivity contribution >= 4 is 28.5 Å². The number of ether oxygens (including phenoxy) is 1. The quantitative estimate of drug-likeness (QED) is 0.426. The van der Waals surface area contributed by atoms with Crippen LogP contribution in [0.5, 0.6) is 5.88 Å². The maximum Gasteiger partial charge on any atom is 0.319 e. The number of carbonyl (C=O) groups excluding carboxylic acids is 2. The molecule has 2 aliphatic rings. The lowest BCUT2D eigenvalue weighted by atomic mass is 10.1. The van der Waals surface area contributed by atoms with Crippen LogP contribution in [0.2, 0.25) is 0 Å². The normalized spacial score (nSPS) is 19.8. The van der Waals surface area contributed by atoms with Crippen LogP contribution >= 0.6 is 11.5 Å². The molecule has 3 amide bonds. The van der Waals surface area contributed by atoms with E-state index in [1.165, 1.54) is 13.3 Å². The van der Waals surface area contributed by atoms with Crippen LogP contribution in [0.1, 0.15) is 40.7 Å². The first kappa shape index (κ1) is 25.3. The minimum atomic E-state index is -0.856. The Morgan fingerprint density at radius 1 is 1.23 bits per heavy atom. The summed E-state index contributed by atoms with van der Waals surface area (Å²) >= 11 is 0.819. The zero-order chi connectivity index (χ0) is 25.1. The molecule has 1 aromatic heterocycles. The molecule has 12 heteroatoms. The van der Waals surface area contributed by atoms with Crippen molar-refractivity contribution in [3.63, 3.8) is 0 Å². The topological polar surface area (TPSA) is 113 Å². The van der Waals surface area contributed by atoms with Gasteiger partial charge in [-0.2, -0.15) is 4.37 Å². The number of aromatic nitrogens is 1. The molecule has 4 N–H and O–H groups in total. The number of nitrogens with two attached hydrogens (primary N) is 1. The first-order valence-electron chi connectivity index (χ1n) is 11.6. The number of primary amides is 1. The van der Waals surface area contributed by atoms with Gasteiger partial charge in [0.15, 0.2) is 0 Å². The van der Waals surface area contributed by atoms with Crippen molar-refractivity contribution in [2.24, 2.45) is 5.73 Å². The zero-order valence-electron chi connectivity index (χ0n) is 19.8. The van der Waals surface area contributed by atoms with Crippen molar-refractivity contribution in [1.82, 2.24) is 19.5 Å². The van der Waals surface area contributed by atoms with Crippen molar-refractivity contribution in [3.05, 3.63) is 40.5 Å². The van der Waals surface area contributed by atoms with Gasteiger partial charge in [0.1, 0.15) is 28.8 Å². The third-order valence-electron chi connectivity index (χ3n) is 6.61. The number of likely N-dealkylation sites (tertiary alicyclic amines) is 2. The molecule has 3 heterocycles. The Morgan fingerprint density at radius 2 is 2.03 bits per heavy atom. The van der Waals surface area contributed by atoms with Crippen LogP contribution in [0.15, 0.2) is 12.1 Å². The maximum atomic E-state index is 14.1. The molecule has 9 nitrogen and oxygen atoms in total. The Kier molecular flexibility index (Phi) is 7.82. The highest BCUT2D eigenvalue weighted by Gasteiger charge is 2.40. The van der Waals surface area contributed by atoms with E-state index in [0.29, 0.717) is 18.6 Å². The average molecular weight is 509 g/mol. The predicted molar refractivity (Wildman–Crippen MR) is 129 cm³/mol. The number of nitrogens with zero attached hydrogens (tertiary/aromatic N) is 3. The van der Waals surface area contributed by atoms with E-state index in [2.05, 4.69) is 31.9 Å². The van der Waals surface area contributed by atoms with Gasteiger partial charge in [-0.25, -0.2) is 13.6 Å². The summed E-state index contributed by atoms with van der Waals surface area (Å²) in [7, 11) is 2.18. The van der Waals surface area contributed by atoms with E-state index < -0.39 is 23.6 Å². The van der Waals surface area contributed by atoms with Gasteiger partial charge in [-0.1, -0.05) is 0 Å². The number of likely N-dealkylation sites (N-methyl/N-ethyl adjacent to an activating group) is 1. The molecule has 0 radical (unpaired) electrons. The first-order chi connectivity index (χ1) is 16.7. The molecule has 2 aromatic rings. The van der Waals surface area contributed by atoms with E-state index in [1.807, 2.05) is 0 Å². The molecule has 2 saturated heterocycles. The lowest BCUT2D eigenvalue weighted by molar-refractivity contribution is 0.0996. The Bertz CT molecular complexity index is 1100. The molecule has 2 unspecified atom stereocenters. The molecule has 190 valence electrons. The molecule has 2 aliphatic heterocycles. The van der Waals surface area contributed by atoms with Crippen LogP contribution in [0.4, 0.5) is 18.6 Å². The summed E-state index contributed by atoms with van der Waals surface area (Å²) in [5.74, 6) is -2.21. The average Bonchev–Trinajstić information content (AvgIpc) is 3.49. The fraction of sp³-hybridized carbons (Fsp3) is 0.522. The van der Waals surface area contributed by atoms with Crippen LogP contribution in [0.3, 0.4) is 0 Å². The number of hydrogen-bond donors (Lipinski definition) is 3. The number of urea groups is 1. The minimum absolute atomic E-state index is 0.0300. The molecule has 2 atom stereocenters. The van der Waals surface area contributed by atoms with Crippen LogP contribution in [-0.4, -0.2) is 71.4 Å². The van der Waals surface area contributed by atoms with E-state index in [4.69, 9.17) is 10.5 Å². The van der Waals surface area contributed by atoms with Gasteiger partial charge in [0.2, 0.25) is 5.88 Å². The smallest absolute Gasteiger partial charge is 0.319 e. The number of hydrogen-bond acceptors (Lipinski definition) is 7.